The highest BCUT2D eigenvalue weighted by atomic mass is 16.5. The van der Waals surface area contributed by atoms with Gasteiger partial charge in [0.1, 0.15) is 0 Å². The number of hydrogen-bond donors (Lipinski definition) is 1. The Hall–Kier alpha value is -0.120. The van der Waals surface area contributed by atoms with Crippen LogP contribution in [0.15, 0.2) is 0 Å². The zero-order valence-electron chi connectivity index (χ0n) is 10.6. The van der Waals surface area contributed by atoms with E-state index in [-0.39, 0.29) is 5.60 Å². The minimum atomic E-state index is 0.264. The van der Waals surface area contributed by atoms with Gasteiger partial charge < -0.3 is 14.8 Å². The molecule has 16 heavy (non-hydrogen) atoms. The summed E-state index contributed by atoms with van der Waals surface area (Å²) < 4.78 is 11.1. The Bertz CT molecular complexity index is 216. The third-order valence-electron chi connectivity index (χ3n) is 3.96. The van der Waals surface area contributed by atoms with Crippen molar-refractivity contribution in [2.45, 2.75) is 50.7 Å². The van der Waals surface area contributed by atoms with E-state index >= 15 is 0 Å². The molecule has 2 aliphatic rings. The van der Waals surface area contributed by atoms with Gasteiger partial charge in [0.05, 0.1) is 5.60 Å². The van der Waals surface area contributed by atoms with Gasteiger partial charge in [-0.25, -0.2) is 0 Å². The average Bonchev–Trinajstić information content (AvgIpc) is 2.25. The van der Waals surface area contributed by atoms with Crippen molar-refractivity contribution in [2.24, 2.45) is 5.92 Å². The molecule has 1 aliphatic carbocycles. The molecule has 0 aromatic rings. The number of rotatable bonds is 5. The molecule has 1 N–H and O–H groups in total. The van der Waals surface area contributed by atoms with Crippen molar-refractivity contribution in [1.82, 2.24) is 5.32 Å². The summed E-state index contributed by atoms with van der Waals surface area (Å²) in [7, 11) is 1.77. The Balaban J connectivity index is 1.69. The topological polar surface area (TPSA) is 30.5 Å². The Morgan fingerprint density at radius 1 is 1.50 bits per heavy atom. The first kappa shape index (κ1) is 12.3. The van der Waals surface area contributed by atoms with Gasteiger partial charge in [-0.15, -0.1) is 0 Å². The molecular formula is C13H25NO2. The molecule has 2 atom stereocenters. The van der Waals surface area contributed by atoms with Crippen LogP contribution in [0.2, 0.25) is 0 Å². The first-order valence-corrected chi connectivity index (χ1v) is 6.60. The molecule has 2 fully saturated rings. The number of ether oxygens (including phenoxy) is 2. The van der Waals surface area contributed by atoms with Gasteiger partial charge in [0.15, 0.2) is 0 Å². The van der Waals surface area contributed by atoms with Crippen molar-refractivity contribution >= 4 is 0 Å². The second-order valence-corrected chi connectivity index (χ2v) is 5.54. The molecule has 1 spiro atoms. The van der Waals surface area contributed by atoms with Crippen molar-refractivity contribution in [2.75, 3.05) is 26.9 Å². The van der Waals surface area contributed by atoms with Gasteiger partial charge in [-0.3, -0.25) is 0 Å². The van der Waals surface area contributed by atoms with Crippen LogP contribution in [0.1, 0.15) is 39.0 Å². The minimum absolute atomic E-state index is 0.264. The maximum atomic E-state index is 5.92. The molecule has 94 valence electrons. The standard InChI is InChI=1S/C13H25NO2/c1-11(10-15-2)9-14-12-4-7-16-13(8-12)5-3-6-13/h11-12,14H,3-10H2,1-2H3. The molecule has 1 saturated carbocycles. The second-order valence-electron chi connectivity index (χ2n) is 5.54. The number of hydrogen-bond acceptors (Lipinski definition) is 3. The first-order chi connectivity index (χ1) is 7.74. The molecule has 2 unspecified atom stereocenters. The number of nitrogens with one attached hydrogen (secondary N) is 1. The molecule has 1 saturated heterocycles. The van der Waals surface area contributed by atoms with Gasteiger partial charge in [0.25, 0.3) is 0 Å². The zero-order chi connectivity index (χ0) is 11.4. The molecule has 0 amide bonds. The molecule has 3 nitrogen and oxygen atoms in total. The van der Waals surface area contributed by atoms with Gasteiger partial charge in [-0.1, -0.05) is 6.92 Å². The van der Waals surface area contributed by atoms with Gasteiger partial charge in [0.2, 0.25) is 0 Å². The van der Waals surface area contributed by atoms with Crippen LogP contribution in [0.3, 0.4) is 0 Å². The highest BCUT2D eigenvalue weighted by molar-refractivity contribution is 4.96. The summed E-state index contributed by atoms with van der Waals surface area (Å²) in [5, 5.41) is 3.67. The van der Waals surface area contributed by atoms with E-state index in [1.54, 1.807) is 7.11 Å². The van der Waals surface area contributed by atoms with E-state index in [2.05, 4.69) is 12.2 Å². The van der Waals surface area contributed by atoms with E-state index in [1.807, 2.05) is 0 Å². The smallest absolute Gasteiger partial charge is 0.0697 e. The average molecular weight is 227 g/mol. The normalized spacial score (nSPS) is 30.0. The SMILES string of the molecule is COCC(C)CNC1CCOC2(CCC2)C1. The van der Waals surface area contributed by atoms with E-state index in [4.69, 9.17) is 9.47 Å². The Morgan fingerprint density at radius 2 is 2.31 bits per heavy atom. The molecule has 1 aliphatic heterocycles. The van der Waals surface area contributed by atoms with Crippen LogP contribution in [0.5, 0.6) is 0 Å². The quantitative estimate of drug-likeness (QED) is 0.779. The lowest BCUT2D eigenvalue weighted by Gasteiger charge is -2.47. The lowest BCUT2D eigenvalue weighted by atomic mass is 9.74. The summed E-state index contributed by atoms with van der Waals surface area (Å²) in [6.07, 6.45) is 6.29. The fourth-order valence-electron chi connectivity index (χ4n) is 2.83. The zero-order valence-corrected chi connectivity index (χ0v) is 10.6. The summed E-state index contributed by atoms with van der Waals surface area (Å²) in [6.45, 7) is 5.08. The summed E-state index contributed by atoms with van der Waals surface area (Å²) >= 11 is 0. The van der Waals surface area contributed by atoms with Crippen LogP contribution in [-0.4, -0.2) is 38.5 Å². The van der Waals surface area contributed by atoms with Crippen molar-refractivity contribution in [3.8, 4) is 0 Å². The van der Waals surface area contributed by atoms with E-state index in [0.717, 1.165) is 19.8 Å². The third kappa shape index (κ3) is 2.96. The van der Waals surface area contributed by atoms with Crippen LogP contribution in [0, 0.1) is 5.92 Å². The molecule has 2 rings (SSSR count). The van der Waals surface area contributed by atoms with Crippen molar-refractivity contribution in [3.05, 3.63) is 0 Å². The van der Waals surface area contributed by atoms with Crippen LogP contribution in [-0.2, 0) is 9.47 Å². The lowest BCUT2D eigenvalue weighted by molar-refractivity contribution is -0.135. The molecular weight excluding hydrogens is 202 g/mol. The summed E-state index contributed by atoms with van der Waals surface area (Å²) in [5.41, 5.74) is 0.264. The lowest BCUT2D eigenvalue weighted by Crippen LogP contribution is -2.51. The monoisotopic (exact) mass is 227 g/mol. The summed E-state index contributed by atoms with van der Waals surface area (Å²) in [5.74, 6) is 0.602. The minimum Gasteiger partial charge on any atom is -0.384 e. The van der Waals surface area contributed by atoms with E-state index < -0.39 is 0 Å². The predicted octanol–water partition coefficient (Wildman–Crippen LogP) is 1.96. The second kappa shape index (κ2) is 5.48. The molecule has 0 aromatic heterocycles. The highest BCUT2D eigenvalue weighted by Gasteiger charge is 2.42. The molecule has 3 heteroatoms. The van der Waals surface area contributed by atoms with Gasteiger partial charge in [0, 0.05) is 32.9 Å². The Labute approximate surface area is 98.9 Å². The maximum absolute atomic E-state index is 5.92. The van der Waals surface area contributed by atoms with Crippen LogP contribution in [0.4, 0.5) is 0 Å². The summed E-state index contributed by atoms with van der Waals surface area (Å²) in [4.78, 5) is 0. The fraction of sp³-hybridized carbons (Fsp3) is 1.00. The van der Waals surface area contributed by atoms with Crippen LogP contribution >= 0.6 is 0 Å². The van der Waals surface area contributed by atoms with Gasteiger partial charge in [-0.2, -0.15) is 0 Å². The van der Waals surface area contributed by atoms with E-state index in [0.29, 0.717) is 12.0 Å². The maximum Gasteiger partial charge on any atom is 0.0697 e. The van der Waals surface area contributed by atoms with Crippen molar-refractivity contribution in [3.63, 3.8) is 0 Å². The number of methoxy groups -OCH3 is 1. The first-order valence-electron chi connectivity index (χ1n) is 6.60. The van der Waals surface area contributed by atoms with Crippen molar-refractivity contribution in [1.29, 1.82) is 0 Å². The van der Waals surface area contributed by atoms with Crippen LogP contribution in [0.25, 0.3) is 0 Å². The van der Waals surface area contributed by atoms with Gasteiger partial charge >= 0.3 is 0 Å². The van der Waals surface area contributed by atoms with E-state index in [9.17, 15) is 0 Å². The fourth-order valence-corrected chi connectivity index (χ4v) is 2.83. The predicted molar refractivity (Wildman–Crippen MR) is 64.6 cm³/mol. The largest absolute Gasteiger partial charge is 0.384 e. The Morgan fingerprint density at radius 3 is 2.94 bits per heavy atom. The Kier molecular flexibility index (Phi) is 4.22. The van der Waals surface area contributed by atoms with Crippen molar-refractivity contribution < 1.29 is 9.47 Å². The van der Waals surface area contributed by atoms with Gasteiger partial charge in [-0.05, 0) is 38.0 Å². The molecule has 0 bridgehead atoms. The third-order valence-corrected chi connectivity index (χ3v) is 3.96. The van der Waals surface area contributed by atoms with E-state index in [1.165, 1.54) is 32.1 Å². The molecule has 0 aromatic carbocycles. The highest BCUT2D eigenvalue weighted by Crippen LogP contribution is 2.42. The van der Waals surface area contributed by atoms with Crippen LogP contribution < -0.4 is 5.32 Å². The molecule has 0 radical (unpaired) electrons. The molecule has 1 heterocycles. The summed E-state index contributed by atoms with van der Waals surface area (Å²) in [6, 6.07) is 0.661.